The summed E-state index contributed by atoms with van der Waals surface area (Å²) < 4.78 is 93.6. The minimum Gasteiger partial charge on any atom is -0.477 e. The third-order valence-corrected chi connectivity index (χ3v) is 4.63. The first-order chi connectivity index (χ1) is 17.7. The zero-order chi connectivity index (χ0) is 26.9. The van der Waals surface area contributed by atoms with E-state index in [1.165, 1.54) is 17.1 Å². The van der Waals surface area contributed by atoms with Crippen LogP contribution in [-0.4, -0.2) is 78.0 Å². The van der Waals surface area contributed by atoms with E-state index >= 15 is 0 Å². The number of hydrogen-bond donors (Lipinski definition) is 0. The Hall–Kier alpha value is -4.01. The number of amides is 1. The highest BCUT2D eigenvalue weighted by atomic mass is 19.2. The summed E-state index contributed by atoms with van der Waals surface area (Å²) in [5.41, 5.74) is 0. The second-order valence-electron chi connectivity index (χ2n) is 7.21. The van der Waals surface area contributed by atoms with Crippen molar-refractivity contribution in [2.24, 2.45) is 0 Å². The predicted molar refractivity (Wildman–Crippen MR) is 115 cm³/mol. The van der Waals surface area contributed by atoms with Gasteiger partial charge < -0.3 is 28.6 Å². The molecule has 1 fully saturated rings. The van der Waals surface area contributed by atoms with Gasteiger partial charge in [0.2, 0.25) is 29.1 Å². The molecule has 2 heterocycles. The molecule has 0 aliphatic carbocycles. The number of morpholine rings is 1. The van der Waals surface area contributed by atoms with Crippen LogP contribution in [0.4, 0.5) is 22.0 Å². The molecular formula is C22H21F5N4O6. The van der Waals surface area contributed by atoms with Gasteiger partial charge in [-0.15, -0.1) is 15.0 Å². The number of rotatable bonds is 12. The summed E-state index contributed by atoms with van der Waals surface area (Å²) in [7, 11) is 0. The molecule has 0 N–H and O–H groups in total. The van der Waals surface area contributed by atoms with Gasteiger partial charge in [-0.2, -0.15) is 8.78 Å². The summed E-state index contributed by atoms with van der Waals surface area (Å²) in [5, 5.41) is 0. The van der Waals surface area contributed by atoms with Crippen LogP contribution in [0.25, 0.3) is 0 Å². The van der Waals surface area contributed by atoms with Gasteiger partial charge in [0.25, 0.3) is 5.91 Å². The maximum absolute atomic E-state index is 13.8. The van der Waals surface area contributed by atoms with Crippen molar-refractivity contribution in [3.8, 4) is 23.8 Å². The second kappa shape index (κ2) is 12.8. The predicted octanol–water partition coefficient (Wildman–Crippen LogP) is 2.38. The lowest BCUT2D eigenvalue weighted by atomic mass is 10.2. The van der Waals surface area contributed by atoms with Crippen molar-refractivity contribution in [3.05, 3.63) is 54.4 Å². The van der Waals surface area contributed by atoms with Crippen LogP contribution in [0.1, 0.15) is 0 Å². The SMILES string of the molecule is C=CCOc1nc(OCC=C)nc(OCC2CN(C(=O)COc3c(F)c(F)c(F)c(F)c3F)CCO2)n1. The highest BCUT2D eigenvalue weighted by Crippen LogP contribution is 2.29. The Morgan fingerprint density at radius 2 is 1.38 bits per heavy atom. The largest absolute Gasteiger partial charge is 0.477 e. The van der Waals surface area contributed by atoms with Crippen LogP contribution in [0.3, 0.4) is 0 Å². The number of halogens is 5. The topological polar surface area (TPSA) is 105 Å². The number of hydrogen-bond acceptors (Lipinski definition) is 9. The summed E-state index contributed by atoms with van der Waals surface area (Å²) in [5.74, 6) is -13.4. The van der Waals surface area contributed by atoms with Crippen molar-refractivity contribution in [3.63, 3.8) is 0 Å². The van der Waals surface area contributed by atoms with Gasteiger partial charge in [-0.25, -0.2) is 13.2 Å². The smallest absolute Gasteiger partial charge is 0.326 e. The van der Waals surface area contributed by atoms with Crippen LogP contribution in [0.2, 0.25) is 0 Å². The Kier molecular flexibility index (Phi) is 9.54. The number of carbonyl (C=O) groups is 1. The van der Waals surface area contributed by atoms with E-state index in [0.29, 0.717) is 0 Å². The average molecular weight is 532 g/mol. The van der Waals surface area contributed by atoms with Crippen molar-refractivity contribution in [1.82, 2.24) is 19.9 Å². The molecule has 3 rings (SSSR count). The molecule has 15 heteroatoms. The van der Waals surface area contributed by atoms with Crippen molar-refractivity contribution >= 4 is 5.91 Å². The highest BCUT2D eigenvalue weighted by Gasteiger charge is 2.29. The van der Waals surface area contributed by atoms with Gasteiger partial charge in [-0.1, -0.05) is 25.3 Å². The third kappa shape index (κ3) is 7.03. The number of aromatic nitrogens is 3. The first kappa shape index (κ1) is 27.6. The lowest BCUT2D eigenvalue weighted by Gasteiger charge is -2.32. The molecule has 10 nitrogen and oxygen atoms in total. The molecule has 0 bridgehead atoms. The molecule has 0 radical (unpaired) electrons. The fraction of sp³-hybridized carbons (Fsp3) is 0.364. The first-order valence-electron chi connectivity index (χ1n) is 10.6. The molecule has 1 aromatic carbocycles. The van der Waals surface area contributed by atoms with Gasteiger partial charge in [0, 0.05) is 6.54 Å². The van der Waals surface area contributed by atoms with E-state index in [0.717, 1.165) is 0 Å². The Balaban J connectivity index is 1.59. The monoisotopic (exact) mass is 532 g/mol. The van der Waals surface area contributed by atoms with Crippen molar-refractivity contribution in [2.45, 2.75) is 6.10 Å². The van der Waals surface area contributed by atoms with Crippen molar-refractivity contribution in [2.75, 3.05) is 46.1 Å². The van der Waals surface area contributed by atoms with Gasteiger partial charge in [-0.3, -0.25) is 4.79 Å². The molecule has 0 saturated carbocycles. The fourth-order valence-electron chi connectivity index (χ4n) is 2.93. The summed E-state index contributed by atoms with van der Waals surface area (Å²) >= 11 is 0. The molecule has 1 saturated heterocycles. The fourth-order valence-corrected chi connectivity index (χ4v) is 2.93. The van der Waals surface area contributed by atoms with Crippen LogP contribution in [-0.2, 0) is 9.53 Å². The van der Waals surface area contributed by atoms with E-state index in [-0.39, 0.29) is 57.5 Å². The van der Waals surface area contributed by atoms with E-state index in [1.54, 1.807) is 0 Å². The molecule has 2 aromatic rings. The van der Waals surface area contributed by atoms with Crippen LogP contribution in [0.15, 0.2) is 25.3 Å². The van der Waals surface area contributed by atoms with Crippen LogP contribution < -0.4 is 18.9 Å². The molecule has 37 heavy (non-hydrogen) atoms. The number of nitrogens with zero attached hydrogens (tertiary/aromatic N) is 4. The second-order valence-corrected chi connectivity index (χ2v) is 7.21. The van der Waals surface area contributed by atoms with E-state index in [9.17, 15) is 26.7 Å². The van der Waals surface area contributed by atoms with Gasteiger partial charge in [0.15, 0.2) is 12.4 Å². The highest BCUT2D eigenvalue weighted by molar-refractivity contribution is 5.78. The normalized spacial score (nSPS) is 15.2. The van der Waals surface area contributed by atoms with Gasteiger partial charge >= 0.3 is 18.0 Å². The Morgan fingerprint density at radius 1 is 0.865 bits per heavy atom. The number of carbonyl (C=O) groups excluding carboxylic acids is 1. The summed E-state index contributed by atoms with van der Waals surface area (Å²) in [6.45, 7) is 6.28. The maximum Gasteiger partial charge on any atom is 0.326 e. The molecule has 1 atom stereocenters. The zero-order valence-electron chi connectivity index (χ0n) is 19.2. The zero-order valence-corrected chi connectivity index (χ0v) is 19.2. The lowest BCUT2D eigenvalue weighted by molar-refractivity contribution is -0.142. The average Bonchev–Trinajstić information content (AvgIpc) is 2.91. The molecule has 1 amide bonds. The summed E-state index contributed by atoms with van der Waals surface area (Å²) in [6.07, 6.45) is 2.27. The van der Waals surface area contributed by atoms with Crippen LogP contribution in [0.5, 0.6) is 23.8 Å². The number of ether oxygens (including phenoxy) is 5. The molecule has 1 aromatic heterocycles. The van der Waals surface area contributed by atoms with E-state index in [4.69, 9.17) is 18.9 Å². The minimum atomic E-state index is -2.33. The summed E-state index contributed by atoms with van der Waals surface area (Å²) in [4.78, 5) is 25.6. The Bertz CT molecular complexity index is 1100. The van der Waals surface area contributed by atoms with Crippen molar-refractivity contribution in [1.29, 1.82) is 0 Å². The van der Waals surface area contributed by atoms with E-state index in [2.05, 4.69) is 32.8 Å². The quantitative estimate of drug-likeness (QED) is 0.176. The van der Waals surface area contributed by atoms with E-state index in [1.807, 2.05) is 0 Å². The number of benzene rings is 1. The van der Waals surface area contributed by atoms with Gasteiger partial charge in [-0.05, 0) is 0 Å². The summed E-state index contributed by atoms with van der Waals surface area (Å²) in [6, 6.07) is -0.332. The standard InChI is InChI=1S/C22H21F5N4O6/c1-3-6-34-20-28-21(35-7-4-2)30-22(29-20)37-10-12-9-31(5-8-33-12)13(32)11-36-19-17(26)15(24)14(23)16(25)18(19)27/h3-4,12H,1-2,5-11H2. The lowest BCUT2D eigenvalue weighted by Crippen LogP contribution is -2.49. The van der Waals surface area contributed by atoms with Crippen molar-refractivity contribution < 1.29 is 50.4 Å². The van der Waals surface area contributed by atoms with E-state index < -0.39 is 53.5 Å². The molecular weight excluding hydrogens is 511 g/mol. The minimum absolute atomic E-state index is 0.0377. The third-order valence-electron chi connectivity index (χ3n) is 4.63. The molecule has 200 valence electrons. The first-order valence-corrected chi connectivity index (χ1v) is 10.6. The van der Waals surface area contributed by atoms with Crippen LogP contribution >= 0.6 is 0 Å². The molecule has 1 aliphatic heterocycles. The Morgan fingerprint density at radius 3 is 1.92 bits per heavy atom. The van der Waals surface area contributed by atoms with Gasteiger partial charge in [0.05, 0.1) is 13.2 Å². The van der Waals surface area contributed by atoms with Crippen LogP contribution in [0, 0.1) is 29.1 Å². The maximum atomic E-state index is 13.8. The Labute approximate surface area is 207 Å². The van der Waals surface area contributed by atoms with Gasteiger partial charge in [0.1, 0.15) is 25.9 Å². The molecule has 1 unspecified atom stereocenters. The molecule has 0 spiro atoms. The molecule has 1 aliphatic rings.